The number of hydrogen-bond donors (Lipinski definition) is 1. The maximum Gasteiger partial charge on any atom is 0.269 e. The molecule has 150 valence electrons. The predicted octanol–water partition coefficient (Wildman–Crippen LogP) is 5.18. The topological polar surface area (TPSA) is 88.6 Å². The zero-order valence-electron chi connectivity index (χ0n) is 16.4. The van der Waals surface area contributed by atoms with Gasteiger partial charge in [-0.3, -0.25) is 10.1 Å². The molecule has 0 amide bonds. The van der Waals surface area contributed by atoms with Crippen molar-refractivity contribution in [2.24, 2.45) is 10.1 Å². The van der Waals surface area contributed by atoms with Crippen LogP contribution in [0, 0.1) is 24.0 Å². The fraction of sp³-hybridized carbons (Fsp3) is 0.0909. The lowest BCUT2D eigenvalue weighted by Gasteiger charge is -2.04. The first-order chi connectivity index (χ1) is 14.5. The highest BCUT2D eigenvalue weighted by atomic mass is 32.1. The summed E-state index contributed by atoms with van der Waals surface area (Å²) in [5.41, 5.74) is 5.68. The summed E-state index contributed by atoms with van der Waals surface area (Å²) in [6.45, 7) is 4.08. The molecule has 2 aromatic heterocycles. The Morgan fingerprint density at radius 3 is 2.60 bits per heavy atom. The number of aryl methyl sites for hydroxylation is 2. The summed E-state index contributed by atoms with van der Waals surface area (Å²) in [6.07, 6.45) is 3.56. The summed E-state index contributed by atoms with van der Waals surface area (Å²) >= 11 is 1.46. The highest BCUT2D eigenvalue weighted by Gasteiger charge is 2.11. The van der Waals surface area contributed by atoms with Gasteiger partial charge in [-0.15, -0.1) is 11.3 Å². The molecule has 0 saturated heterocycles. The molecule has 30 heavy (non-hydrogen) atoms. The van der Waals surface area contributed by atoms with E-state index >= 15 is 0 Å². The highest BCUT2D eigenvalue weighted by Crippen LogP contribution is 2.24. The lowest BCUT2D eigenvalue weighted by molar-refractivity contribution is -0.384. The van der Waals surface area contributed by atoms with E-state index in [0.717, 1.165) is 28.2 Å². The lowest BCUT2D eigenvalue weighted by Crippen LogP contribution is -2.11. The molecule has 0 aliphatic carbocycles. The van der Waals surface area contributed by atoms with Crippen molar-refractivity contribution in [3.05, 3.63) is 97.9 Å². The average molecular weight is 417 g/mol. The van der Waals surface area contributed by atoms with E-state index in [1.807, 2.05) is 42.8 Å². The van der Waals surface area contributed by atoms with Crippen LogP contribution in [0.5, 0.6) is 0 Å². The number of nitro groups is 1. The molecule has 2 heterocycles. The van der Waals surface area contributed by atoms with Crippen molar-refractivity contribution in [3.63, 3.8) is 0 Å². The number of hydrogen-bond acceptors (Lipinski definition) is 5. The van der Waals surface area contributed by atoms with E-state index in [4.69, 9.17) is 4.99 Å². The molecule has 0 atom stereocenters. The second-order valence-electron chi connectivity index (χ2n) is 6.79. The first-order valence-corrected chi connectivity index (χ1v) is 10.1. The largest absolute Gasteiger partial charge is 0.360 e. The summed E-state index contributed by atoms with van der Waals surface area (Å²) in [6, 6.07) is 16.4. The minimum absolute atomic E-state index is 0.0515. The minimum atomic E-state index is -0.407. The third kappa shape index (κ3) is 4.13. The van der Waals surface area contributed by atoms with Gasteiger partial charge in [0.25, 0.3) is 5.69 Å². The maximum atomic E-state index is 11.0. The number of nitro benzene ring substituents is 1. The summed E-state index contributed by atoms with van der Waals surface area (Å²) in [4.78, 5) is 19.2. The Balaban J connectivity index is 1.84. The van der Waals surface area contributed by atoms with Crippen molar-refractivity contribution >= 4 is 28.9 Å². The van der Waals surface area contributed by atoms with Gasteiger partial charge in [0.1, 0.15) is 0 Å². The summed E-state index contributed by atoms with van der Waals surface area (Å²) in [5, 5.41) is 17.6. The van der Waals surface area contributed by atoms with Gasteiger partial charge in [0.2, 0.25) is 4.80 Å². The van der Waals surface area contributed by atoms with Crippen LogP contribution in [-0.4, -0.2) is 20.8 Å². The van der Waals surface area contributed by atoms with E-state index in [1.165, 1.54) is 29.0 Å². The van der Waals surface area contributed by atoms with Crippen molar-refractivity contribution in [3.8, 4) is 11.3 Å². The van der Waals surface area contributed by atoms with Gasteiger partial charge in [-0.25, -0.2) is 9.67 Å². The smallest absolute Gasteiger partial charge is 0.269 e. The van der Waals surface area contributed by atoms with Crippen LogP contribution in [0.1, 0.15) is 16.8 Å². The van der Waals surface area contributed by atoms with Gasteiger partial charge in [-0.05, 0) is 49.7 Å². The third-order valence-electron chi connectivity index (χ3n) is 4.56. The van der Waals surface area contributed by atoms with Crippen LogP contribution < -0.4 is 4.80 Å². The van der Waals surface area contributed by atoms with Gasteiger partial charge in [0.15, 0.2) is 0 Å². The number of aromatic nitrogens is 2. The van der Waals surface area contributed by atoms with Gasteiger partial charge in [-0.2, -0.15) is 5.10 Å². The second-order valence-corrected chi connectivity index (χ2v) is 7.63. The van der Waals surface area contributed by atoms with Crippen molar-refractivity contribution in [1.29, 1.82) is 0 Å². The molecule has 0 bridgehead atoms. The molecule has 7 nitrogen and oxygen atoms in total. The quantitative estimate of drug-likeness (QED) is 0.275. The second kappa shape index (κ2) is 8.30. The molecule has 0 radical (unpaired) electrons. The van der Waals surface area contributed by atoms with E-state index in [-0.39, 0.29) is 5.69 Å². The van der Waals surface area contributed by atoms with Crippen molar-refractivity contribution < 1.29 is 4.92 Å². The number of nitrogens with one attached hydrogen (secondary N) is 1. The Morgan fingerprint density at radius 2 is 1.93 bits per heavy atom. The number of nitrogens with zero attached hydrogens (tertiary/aromatic N) is 4. The molecule has 0 aliphatic rings. The fourth-order valence-electron chi connectivity index (χ4n) is 3.02. The standard InChI is InChI=1S/C22H19N5O2S/c1-15-5-10-20(16(2)12-15)25-22-26(24-13-18-4-3-11-23-18)21(14-30-22)17-6-8-19(9-7-17)27(28)29/h3-14,23H,1-2H3. The zero-order chi connectivity index (χ0) is 21.1. The Morgan fingerprint density at radius 1 is 1.13 bits per heavy atom. The van der Waals surface area contributed by atoms with Gasteiger partial charge in [0.05, 0.1) is 28.2 Å². The Kier molecular flexibility index (Phi) is 5.40. The molecule has 0 saturated carbocycles. The number of H-pyrrole nitrogens is 1. The number of aromatic amines is 1. The summed E-state index contributed by atoms with van der Waals surface area (Å²) in [7, 11) is 0. The molecule has 4 rings (SSSR count). The number of rotatable bonds is 5. The van der Waals surface area contributed by atoms with E-state index in [9.17, 15) is 10.1 Å². The number of thiazole rings is 1. The van der Waals surface area contributed by atoms with Gasteiger partial charge >= 0.3 is 0 Å². The van der Waals surface area contributed by atoms with Crippen molar-refractivity contribution in [2.45, 2.75) is 13.8 Å². The van der Waals surface area contributed by atoms with Crippen LogP contribution in [0.3, 0.4) is 0 Å². The number of benzene rings is 2. The first kappa shape index (κ1) is 19.5. The SMILES string of the molecule is Cc1ccc(N=c2scc(-c3ccc([N+](=O)[O-])cc3)n2N=Cc2ccc[nH]2)c(C)c1. The van der Waals surface area contributed by atoms with Crippen LogP contribution in [0.15, 0.2) is 76.3 Å². The summed E-state index contributed by atoms with van der Waals surface area (Å²) in [5.74, 6) is 0. The monoisotopic (exact) mass is 417 g/mol. The van der Waals surface area contributed by atoms with Crippen LogP contribution in [0.4, 0.5) is 11.4 Å². The summed E-state index contributed by atoms with van der Waals surface area (Å²) < 4.78 is 1.76. The van der Waals surface area contributed by atoms with Gasteiger partial charge < -0.3 is 4.98 Å². The van der Waals surface area contributed by atoms with E-state index in [1.54, 1.807) is 23.0 Å². The van der Waals surface area contributed by atoms with Gasteiger partial charge in [0, 0.05) is 29.3 Å². The molecule has 0 unspecified atom stereocenters. The van der Waals surface area contributed by atoms with Crippen LogP contribution >= 0.6 is 11.3 Å². The Labute approximate surface area is 176 Å². The van der Waals surface area contributed by atoms with Crippen molar-refractivity contribution in [2.75, 3.05) is 0 Å². The average Bonchev–Trinajstić information content (AvgIpc) is 3.38. The lowest BCUT2D eigenvalue weighted by atomic mass is 10.1. The Hall–Kier alpha value is -3.78. The van der Waals surface area contributed by atoms with Crippen molar-refractivity contribution in [1.82, 2.24) is 9.66 Å². The molecule has 4 aromatic rings. The Bertz CT molecular complexity index is 1280. The van der Waals surface area contributed by atoms with Crippen LogP contribution in [-0.2, 0) is 0 Å². The predicted molar refractivity (Wildman–Crippen MR) is 119 cm³/mol. The molecule has 0 aliphatic heterocycles. The van der Waals surface area contributed by atoms with E-state index in [2.05, 4.69) is 23.1 Å². The molecule has 0 fully saturated rings. The van der Waals surface area contributed by atoms with Gasteiger partial charge in [-0.1, -0.05) is 17.7 Å². The maximum absolute atomic E-state index is 11.0. The number of non-ortho nitro benzene ring substituents is 1. The highest BCUT2D eigenvalue weighted by molar-refractivity contribution is 7.07. The molecule has 8 heteroatoms. The third-order valence-corrected chi connectivity index (χ3v) is 5.38. The van der Waals surface area contributed by atoms with Crippen LogP contribution in [0.25, 0.3) is 11.3 Å². The fourth-order valence-corrected chi connectivity index (χ4v) is 3.87. The van der Waals surface area contributed by atoms with Crippen LogP contribution in [0.2, 0.25) is 0 Å². The molecular weight excluding hydrogens is 398 g/mol. The minimum Gasteiger partial charge on any atom is -0.360 e. The zero-order valence-corrected chi connectivity index (χ0v) is 17.3. The molecule has 0 spiro atoms. The molecule has 1 N–H and O–H groups in total. The normalized spacial score (nSPS) is 12.0. The van der Waals surface area contributed by atoms with E-state index in [0.29, 0.717) is 4.80 Å². The first-order valence-electron chi connectivity index (χ1n) is 9.26. The molecular formula is C22H19N5O2S. The van der Waals surface area contributed by atoms with E-state index < -0.39 is 4.92 Å². The molecule has 2 aromatic carbocycles.